The Labute approximate surface area is 102 Å². The average Bonchev–Trinajstić information content (AvgIpc) is 2.26. The van der Waals surface area contributed by atoms with Crippen LogP contribution in [0, 0.1) is 0 Å². The molecule has 0 radical (unpaired) electrons. The number of hydrogen-bond donors (Lipinski definition) is 1. The molecule has 1 rings (SSSR count). The highest BCUT2D eigenvalue weighted by atomic mass is 32.2. The molecule has 0 aliphatic heterocycles. The number of hydrogen-bond acceptors (Lipinski definition) is 5. The first-order valence-corrected chi connectivity index (χ1v) is 6.55. The van der Waals surface area contributed by atoms with E-state index in [1.54, 1.807) is 11.8 Å². The molecule has 1 aromatic rings. The minimum absolute atomic E-state index is 0.733. The standard InChI is InChI=1S/C11H20N4S/c1-4-6-12-11-13-7-5-10(14-11)16-9-8-15(2)3/h5,7H,4,6,8-9H2,1-3H3,(H,12,13,14). The fraction of sp³-hybridized carbons (Fsp3) is 0.636. The Balaban J connectivity index is 2.40. The van der Waals surface area contributed by atoms with Gasteiger partial charge in [0.25, 0.3) is 0 Å². The van der Waals surface area contributed by atoms with Crippen LogP contribution in [0.3, 0.4) is 0 Å². The molecule has 0 aromatic carbocycles. The van der Waals surface area contributed by atoms with E-state index < -0.39 is 0 Å². The van der Waals surface area contributed by atoms with Crippen molar-refractivity contribution in [2.75, 3.05) is 38.3 Å². The van der Waals surface area contributed by atoms with Gasteiger partial charge in [0.2, 0.25) is 5.95 Å². The van der Waals surface area contributed by atoms with Crippen LogP contribution >= 0.6 is 11.8 Å². The Hall–Kier alpha value is -0.810. The lowest BCUT2D eigenvalue weighted by Crippen LogP contribution is -2.14. The predicted molar refractivity (Wildman–Crippen MR) is 70.1 cm³/mol. The number of rotatable bonds is 7. The quantitative estimate of drug-likeness (QED) is 0.583. The highest BCUT2D eigenvalue weighted by Crippen LogP contribution is 2.15. The summed E-state index contributed by atoms with van der Waals surface area (Å²) >= 11 is 1.76. The molecule has 16 heavy (non-hydrogen) atoms. The van der Waals surface area contributed by atoms with Gasteiger partial charge in [0.05, 0.1) is 0 Å². The van der Waals surface area contributed by atoms with Crippen molar-refractivity contribution in [2.45, 2.75) is 18.4 Å². The van der Waals surface area contributed by atoms with Gasteiger partial charge in [0, 0.05) is 25.0 Å². The molecule has 90 valence electrons. The minimum atomic E-state index is 0.733. The fourth-order valence-electron chi connectivity index (χ4n) is 1.08. The van der Waals surface area contributed by atoms with Crippen molar-refractivity contribution in [3.63, 3.8) is 0 Å². The van der Waals surface area contributed by atoms with Crippen LogP contribution in [0.2, 0.25) is 0 Å². The second-order valence-electron chi connectivity index (χ2n) is 3.80. The van der Waals surface area contributed by atoms with Gasteiger partial charge in [-0.05, 0) is 26.6 Å². The highest BCUT2D eigenvalue weighted by molar-refractivity contribution is 7.99. The third kappa shape index (κ3) is 5.32. The van der Waals surface area contributed by atoms with Gasteiger partial charge in [-0.1, -0.05) is 6.92 Å². The summed E-state index contributed by atoms with van der Waals surface area (Å²) in [7, 11) is 4.16. The van der Waals surface area contributed by atoms with Gasteiger partial charge >= 0.3 is 0 Å². The van der Waals surface area contributed by atoms with E-state index in [2.05, 4.69) is 41.2 Å². The fourth-order valence-corrected chi connectivity index (χ4v) is 2.05. The SMILES string of the molecule is CCCNc1nccc(SCCN(C)C)n1. The Bertz CT molecular complexity index is 304. The minimum Gasteiger partial charge on any atom is -0.354 e. The van der Waals surface area contributed by atoms with E-state index in [9.17, 15) is 0 Å². The van der Waals surface area contributed by atoms with Gasteiger partial charge in [-0.25, -0.2) is 9.97 Å². The Kier molecular flexibility index (Phi) is 6.18. The van der Waals surface area contributed by atoms with Crippen LogP contribution in [-0.2, 0) is 0 Å². The maximum atomic E-state index is 4.43. The Morgan fingerprint density at radius 3 is 2.94 bits per heavy atom. The topological polar surface area (TPSA) is 41.1 Å². The van der Waals surface area contributed by atoms with E-state index in [1.165, 1.54) is 0 Å². The van der Waals surface area contributed by atoms with Crippen LogP contribution < -0.4 is 5.32 Å². The van der Waals surface area contributed by atoms with E-state index in [0.29, 0.717) is 0 Å². The summed E-state index contributed by atoms with van der Waals surface area (Å²) in [5, 5.41) is 4.23. The number of thioether (sulfide) groups is 1. The van der Waals surface area contributed by atoms with Crippen molar-refractivity contribution < 1.29 is 0 Å². The van der Waals surface area contributed by atoms with Gasteiger partial charge < -0.3 is 10.2 Å². The van der Waals surface area contributed by atoms with Crippen molar-refractivity contribution in [1.29, 1.82) is 0 Å². The third-order valence-electron chi connectivity index (χ3n) is 1.95. The lowest BCUT2D eigenvalue weighted by molar-refractivity contribution is 0.437. The molecular formula is C11H20N4S. The Morgan fingerprint density at radius 1 is 1.44 bits per heavy atom. The van der Waals surface area contributed by atoms with Crippen molar-refractivity contribution in [1.82, 2.24) is 14.9 Å². The largest absolute Gasteiger partial charge is 0.354 e. The molecule has 0 fully saturated rings. The van der Waals surface area contributed by atoms with Crippen molar-refractivity contribution in [2.24, 2.45) is 0 Å². The van der Waals surface area contributed by atoms with E-state index >= 15 is 0 Å². The number of nitrogens with one attached hydrogen (secondary N) is 1. The van der Waals surface area contributed by atoms with Gasteiger partial charge in [-0.3, -0.25) is 0 Å². The van der Waals surface area contributed by atoms with Crippen LogP contribution in [0.5, 0.6) is 0 Å². The normalized spacial score (nSPS) is 10.8. The highest BCUT2D eigenvalue weighted by Gasteiger charge is 1.99. The molecule has 4 nitrogen and oxygen atoms in total. The van der Waals surface area contributed by atoms with Crippen LogP contribution in [-0.4, -0.2) is 47.8 Å². The lowest BCUT2D eigenvalue weighted by atomic mass is 10.5. The van der Waals surface area contributed by atoms with Crippen molar-refractivity contribution >= 4 is 17.7 Å². The van der Waals surface area contributed by atoms with Gasteiger partial charge in [0.1, 0.15) is 5.03 Å². The van der Waals surface area contributed by atoms with Gasteiger partial charge in [-0.2, -0.15) is 0 Å². The molecule has 1 aromatic heterocycles. The van der Waals surface area contributed by atoms with E-state index in [4.69, 9.17) is 0 Å². The van der Waals surface area contributed by atoms with Gasteiger partial charge in [0.15, 0.2) is 0 Å². The zero-order valence-electron chi connectivity index (χ0n) is 10.2. The molecule has 0 aliphatic rings. The molecule has 5 heteroatoms. The summed E-state index contributed by atoms with van der Waals surface area (Å²) in [6.45, 7) is 4.11. The smallest absolute Gasteiger partial charge is 0.223 e. The zero-order chi connectivity index (χ0) is 11.8. The monoisotopic (exact) mass is 240 g/mol. The predicted octanol–water partition coefficient (Wildman–Crippen LogP) is 1.95. The molecule has 0 amide bonds. The summed E-state index contributed by atoms with van der Waals surface area (Å²) in [4.78, 5) is 10.8. The number of aromatic nitrogens is 2. The summed E-state index contributed by atoms with van der Waals surface area (Å²) < 4.78 is 0. The summed E-state index contributed by atoms with van der Waals surface area (Å²) in [6.07, 6.45) is 2.89. The van der Waals surface area contributed by atoms with E-state index in [1.807, 2.05) is 12.3 Å². The molecule has 0 atom stereocenters. The Morgan fingerprint density at radius 2 is 2.25 bits per heavy atom. The van der Waals surface area contributed by atoms with Crippen LogP contribution in [0.15, 0.2) is 17.3 Å². The van der Waals surface area contributed by atoms with Crippen LogP contribution in [0.4, 0.5) is 5.95 Å². The second kappa shape index (κ2) is 7.46. The molecule has 0 saturated heterocycles. The van der Waals surface area contributed by atoms with Crippen molar-refractivity contribution in [3.8, 4) is 0 Å². The summed E-state index contributed by atoms with van der Waals surface area (Å²) in [5.74, 6) is 1.79. The molecule has 0 saturated carbocycles. The molecule has 0 unspecified atom stereocenters. The molecule has 1 N–H and O–H groups in total. The van der Waals surface area contributed by atoms with Crippen LogP contribution in [0.25, 0.3) is 0 Å². The lowest BCUT2D eigenvalue weighted by Gasteiger charge is -2.08. The first-order chi connectivity index (χ1) is 7.72. The molecular weight excluding hydrogens is 220 g/mol. The molecule has 0 bridgehead atoms. The molecule has 0 aliphatic carbocycles. The summed E-state index contributed by atoms with van der Waals surface area (Å²) in [5.41, 5.74) is 0. The van der Waals surface area contributed by atoms with Gasteiger partial charge in [-0.15, -0.1) is 11.8 Å². The maximum Gasteiger partial charge on any atom is 0.223 e. The summed E-state index contributed by atoms with van der Waals surface area (Å²) in [6, 6.07) is 1.96. The zero-order valence-corrected chi connectivity index (χ0v) is 11.0. The number of anilines is 1. The van der Waals surface area contributed by atoms with Crippen LogP contribution in [0.1, 0.15) is 13.3 Å². The number of nitrogens with zero attached hydrogens (tertiary/aromatic N) is 3. The third-order valence-corrected chi connectivity index (χ3v) is 2.86. The first kappa shape index (κ1) is 13.3. The van der Waals surface area contributed by atoms with E-state index in [-0.39, 0.29) is 0 Å². The maximum absolute atomic E-state index is 4.43. The van der Waals surface area contributed by atoms with E-state index in [0.717, 1.165) is 36.2 Å². The molecule has 1 heterocycles. The first-order valence-electron chi connectivity index (χ1n) is 5.57. The van der Waals surface area contributed by atoms with Crippen molar-refractivity contribution in [3.05, 3.63) is 12.3 Å². The second-order valence-corrected chi connectivity index (χ2v) is 4.91. The average molecular weight is 240 g/mol. The molecule has 0 spiro atoms.